The third kappa shape index (κ3) is 4.57. The Morgan fingerprint density at radius 3 is 2.61 bits per heavy atom. The van der Waals surface area contributed by atoms with Crippen LogP contribution in [-0.2, 0) is 18.0 Å². The van der Waals surface area contributed by atoms with Crippen molar-refractivity contribution in [1.29, 1.82) is 0 Å². The average Bonchev–Trinajstić information content (AvgIpc) is 3.40. The SMILES string of the molecule is Cc1nn(C)c2ncc(N(C=O)C(=O)Nc3ccc(F)c(C(F)(F)F)c3)c(N3CCC(N(C)C)C3)c12. The van der Waals surface area contributed by atoms with E-state index in [0.29, 0.717) is 47.6 Å². The number of nitrogens with one attached hydrogen (secondary N) is 1. The highest BCUT2D eigenvalue weighted by molar-refractivity contribution is 6.16. The van der Waals surface area contributed by atoms with Crippen molar-refractivity contribution in [2.45, 2.75) is 25.6 Å². The maximum Gasteiger partial charge on any atom is 0.419 e. The van der Waals surface area contributed by atoms with Crippen LogP contribution in [0.4, 0.5) is 39.4 Å². The normalized spacial score (nSPS) is 16.1. The molecular formula is C23H25F4N7O2. The molecule has 192 valence electrons. The minimum absolute atomic E-state index is 0.156. The number of halogens is 4. The van der Waals surface area contributed by atoms with Gasteiger partial charge in [-0.2, -0.15) is 18.3 Å². The van der Waals surface area contributed by atoms with Gasteiger partial charge in [0.05, 0.1) is 34.2 Å². The van der Waals surface area contributed by atoms with Gasteiger partial charge in [0, 0.05) is 31.9 Å². The lowest BCUT2D eigenvalue weighted by molar-refractivity contribution is -0.139. The fourth-order valence-electron chi connectivity index (χ4n) is 4.46. The molecule has 1 saturated heterocycles. The highest BCUT2D eigenvalue weighted by Crippen LogP contribution is 2.39. The Labute approximate surface area is 204 Å². The van der Waals surface area contributed by atoms with Crippen LogP contribution >= 0.6 is 0 Å². The van der Waals surface area contributed by atoms with Crippen molar-refractivity contribution < 1.29 is 27.2 Å². The van der Waals surface area contributed by atoms with Gasteiger partial charge in [-0.15, -0.1) is 0 Å². The van der Waals surface area contributed by atoms with E-state index in [1.807, 2.05) is 19.0 Å². The van der Waals surface area contributed by atoms with Crippen molar-refractivity contribution in [1.82, 2.24) is 19.7 Å². The van der Waals surface area contributed by atoms with Crippen LogP contribution in [0.15, 0.2) is 24.4 Å². The third-order valence-electron chi connectivity index (χ3n) is 6.30. The number of carbonyl (C=O) groups is 2. The molecule has 1 atom stereocenters. The number of imide groups is 1. The van der Waals surface area contributed by atoms with E-state index in [4.69, 9.17) is 0 Å². The van der Waals surface area contributed by atoms with E-state index in [1.165, 1.54) is 6.20 Å². The van der Waals surface area contributed by atoms with Gasteiger partial charge in [-0.3, -0.25) is 9.48 Å². The van der Waals surface area contributed by atoms with Crippen molar-refractivity contribution in [3.63, 3.8) is 0 Å². The first-order valence-corrected chi connectivity index (χ1v) is 11.1. The van der Waals surface area contributed by atoms with Crippen molar-refractivity contribution >= 4 is 40.5 Å². The Hall–Kier alpha value is -3.74. The first kappa shape index (κ1) is 25.4. The number of aryl methyl sites for hydroxylation is 2. The molecule has 1 aromatic carbocycles. The molecule has 1 aliphatic heterocycles. The molecule has 9 nitrogen and oxygen atoms in total. The Balaban J connectivity index is 1.76. The summed E-state index contributed by atoms with van der Waals surface area (Å²) in [4.78, 5) is 34.5. The number of likely N-dealkylation sites (N-methyl/N-ethyl adjacent to an activating group) is 1. The summed E-state index contributed by atoms with van der Waals surface area (Å²) in [6.07, 6.45) is -2.48. The fourth-order valence-corrected chi connectivity index (χ4v) is 4.46. The Bertz CT molecular complexity index is 1320. The van der Waals surface area contributed by atoms with Crippen LogP contribution < -0.4 is 15.1 Å². The minimum Gasteiger partial charge on any atom is -0.368 e. The van der Waals surface area contributed by atoms with E-state index in [-0.39, 0.29) is 23.8 Å². The summed E-state index contributed by atoms with van der Waals surface area (Å²) in [5.41, 5.74) is 0.0851. The van der Waals surface area contributed by atoms with E-state index < -0.39 is 23.6 Å². The summed E-state index contributed by atoms with van der Waals surface area (Å²) in [5.74, 6) is -1.47. The van der Waals surface area contributed by atoms with Crippen molar-refractivity contribution in [3.05, 3.63) is 41.5 Å². The number of pyridine rings is 1. The molecular weight excluding hydrogens is 482 g/mol. The van der Waals surface area contributed by atoms with Gasteiger partial charge in [0.1, 0.15) is 5.82 Å². The molecule has 0 aliphatic carbocycles. The standard InChI is InChI=1S/C23H25F4N7O2/c1-13-19-20(33-8-7-15(11-33)31(2)3)18(10-28-21(19)32(4)30-13)34(12-35)22(36)29-14-5-6-17(24)16(9-14)23(25,26)27/h5-6,9-10,12,15H,7-8,11H2,1-4H3,(H,29,36). The van der Waals surface area contributed by atoms with Gasteiger partial charge >= 0.3 is 12.2 Å². The summed E-state index contributed by atoms with van der Waals surface area (Å²) >= 11 is 0. The molecule has 0 bridgehead atoms. The van der Waals surface area contributed by atoms with E-state index in [2.05, 4.69) is 20.3 Å². The number of rotatable bonds is 5. The molecule has 0 radical (unpaired) electrons. The van der Waals surface area contributed by atoms with Gasteiger partial charge in [0.15, 0.2) is 5.65 Å². The third-order valence-corrected chi connectivity index (χ3v) is 6.30. The van der Waals surface area contributed by atoms with Gasteiger partial charge in [-0.25, -0.2) is 19.1 Å². The first-order chi connectivity index (χ1) is 16.9. The average molecular weight is 507 g/mol. The lowest BCUT2D eigenvalue weighted by Gasteiger charge is -2.27. The topological polar surface area (TPSA) is 86.6 Å². The number of alkyl halides is 3. The number of urea groups is 1. The largest absolute Gasteiger partial charge is 0.419 e. The molecule has 1 fully saturated rings. The molecule has 1 N–H and O–H groups in total. The lowest BCUT2D eigenvalue weighted by Crippen LogP contribution is -2.36. The number of fused-ring (bicyclic) bond motifs is 1. The molecule has 0 saturated carbocycles. The van der Waals surface area contributed by atoms with Crippen LogP contribution in [0.25, 0.3) is 11.0 Å². The number of hydrogen-bond acceptors (Lipinski definition) is 6. The van der Waals surface area contributed by atoms with Gasteiger partial charge < -0.3 is 15.1 Å². The van der Waals surface area contributed by atoms with E-state index in [9.17, 15) is 27.2 Å². The number of benzene rings is 1. The number of anilines is 3. The zero-order valence-electron chi connectivity index (χ0n) is 20.1. The molecule has 1 aliphatic rings. The zero-order valence-corrected chi connectivity index (χ0v) is 20.1. The van der Waals surface area contributed by atoms with Gasteiger partial charge in [-0.05, 0) is 45.6 Å². The number of carbonyl (C=O) groups excluding carboxylic acids is 2. The molecule has 36 heavy (non-hydrogen) atoms. The quantitative estimate of drug-likeness (QED) is 0.418. The maximum absolute atomic E-state index is 13.7. The summed E-state index contributed by atoms with van der Waals surface area (Å²) < 4.78 is 54.6. The molecule has 2 aromatic heterocycles. The highest BCUT2D eigenvalue weighted by atomic mass is 19.4. The second kappa shape index (κ2) is 9.37. The molecule has 3 amide bonds. The van der Waals surface area contributed by atoms with E-state index in [0.717, 1.165) is 17.4 Å². The van der Waals surface area contributed by atoms with Crippen molar-refractivity contribution in [2.24, 2.45) is 7.05 Å². The van der Waals surface area contributed by atoms with Crippen LogP contribution in [0.2, 0.25) is 0 Å². The van der Waals surface area contributed by atoms with Crippen LogP contribution in [0.1, 0.15) is 17.7 Å². The van der Waals surface area contributed by atoms with Crippen molar-refractivity contribution in [2.75, 3.05) is 42.3 Å². The van der Waals surface area contributed by atoms with Crippen LogP contribution in [0.3, 0.4) is 0 Å². The lowest BCUT2D eigenvalue weighted by atomic mass is 10.1. The van der Waals surface area contributed by atoms with E-state index in [1.54, 1.807) is 18.7 Å². The Morgan fingerprint density at radius 1 is 1.28 bits per heavy atom. The van der Waals surface area contributed by atoms with Crippen LogP contribution in [0, 0.1) is 12.7 Å². The van der Waals surface area contributed by atoms with Gasteiger partial charge in [0.25, 0.3) is 0 Å². The zero-order chi connectivity index (χ0) is 26.4. The molecule has 3 aromatic rings. The number of aromatic nitrogens is 3. The number of amides is 3. The maximum atomic E-state index is 13.7. The Kier molecular flexibility index (Phi) is 6.60. The summed E-state index contributed by atoms with van der Waals surface area (Å²) in [5, 5.41) is 7.34. The smallest absolute Gasteiger partial charge is 0.368 e. The second-order valence-electron chi connectivity index (χ2n) is 8.85. The van der Waals surface area contributed by atoms with E-state index >= 15 is 0 Å². The molecule has 3 heterocycles. The first-order valence-electron chi connectivity index (χ1n) is 11.1. The molecule has 1 unspecified atom stereocenters. The fraction of sp³-hybridized carbons (Fsp3) is 0.391. The van der Waals surface area contributed by atoms with Crippen LogP contribution in [-0.4, -0.2) is 65.3 Å². The predicted molar refractivity (Wildman–Crippen MR) is 127 cm³/mol. The highest BCUT2D eigenvalue weighted by Gasteiger charge is 2.35. The van der Waals surface area contributed by atoms with Crippen LogP contribution in [0.5, 0.6) is 0 Å². The minimum atomic E-state index is -4.95. The summed E-state index contributed by atoms with van der Waals surface area (Å²) in [6, 6.07) is 1.29. The molecule has 0 spiro atoms. The van der Waals surface area contributed by atoms with Crippen molar-refractivity contribution in [3.8, 4) is 0 Å². The predicted octanol–water partition coefficient (Wildman–Crippen LogP) is 3.77. The monoisotopic (exact) mass is 507 g/mol. The second-order valence-corrected chi connectivity index (χ2v) is 8.85. The summed E-state index contributed by atoms with van der Waals surface area (Å²) in [7, 11) is 5.67. The molecule has 13 heteroatoms. The number of hydrogen-bond donors (Lipinski definition) is 1. The Morgan fingerprint density at radius 2 is 2.00 bits per heavy atom. The number of nitrogens with zero attached hydrogens (tertiary/aromatic N) is 6. The van der Waals surface area contributed by atoms with Gasteiger partial charge in [-0.1, -0.05) is 0 Å². The van der Waals surface area contributed by atoms with Gasteiger partial charge in [0.2, 0.25) is 6.41 Å². The summed E-state index contributed by atoms with van der Waals surface area (Å²) in [6.45, 7) is 3.05. The molecule has 4 rings (SSSR count).